The zero-order chi connectivity index (χ0) is 11.7. The molecule has 1 heteroatoms. The maximum atomic E-state index is 2.46. The van der Waals surface area contributed by atoms with Crippen LogP contribution in [0, 0.1) is 0 Å². The van der Waals surface area contributed by atoms with Gasteiger partial charge in [0.1, 0.15) is 0 Å². The highest BCUT2D eigenvalue weighted by molar-refractivity contribution is 14.1. The summed E-state index contributed by atoms with van der Waals surface area (Å²) in [6.45, 7) is 0. The fourth-order valence-electron chi connectivity index (χ4n) is 2.47. The lowest BCUT2D eigenvalue weighted by molar-refractivity contribution is 1.22. The van der Waals surface area contributed by atoms with Crippen LogP contribution in [0.3, 0.4) is 0 Å². The van der Waals surface area contributed by atoms with Gasteiger partial charge < -0.3 is 0 Å². The summed E-state index contributed by atoms with van der Waals surface area (Å²) in [7, 11) is 0. The molecule has 0 aliphatic heterocycles. The third-order valence-electron chi connectivity index (χ3n) is 3.23. The molecule has 0 fully saturated rings. The lowest BCUT2D eigenvalue weighted by Crippen LogP contribution is -1.90. The first-order valence-corrected chi connectivity index (χ1v) is 7.38. The van der Waals surface area contributed by atoms with Crippen molar-refractivity contribution in [2.45, 2.75) is 6.42 Å². The van der Waals surface area contributed by atoms with Gasteiger partial charge in [-0.1, -0.05) is 71.1 Å². The van der Waals surface area contributed by atoms with E-state index in [1.54, 1.807) is 0 Å². The molecule has 0 heterocycles. The number of halogens is 1. The molecule has 3 aromatic rings. The van der Waals surface area contributed by atoms with Gasteiger partial charge in [0.2, 0.25) is 0 Å². The van der Waals surface area contributed by atoms with Crippen molar-refractivity contribution >= 4 is 44.1 Å². The molecular formula is C16H13I. The molecule has 0 aliphatic rings. The van der Waals surface area contributed by atoms with Crippen LogP contribution in [0.2, 0.25) is 0 Å². The number of fused-ring (bicyclic) bond motifs is 2. The Labute approximate surface area is 115 Å². The van der Waals surface area contributed by atoms with Gasteiger partial charge in [-0.3, -0.25) is 0 Å². The Morgan fingerprint density at radius 1 is 0.765 bits per heavy atom. The topological polar surface area (TPSA) is 0 Å². The zero-order valence-corrected chi connectivity index (χ0v) is 11.6. The van der Waals surface area contributed by atoms with E-state index in [2.05, 4.69) is 77.2 Å². The van der Waals surface area contributed by atoms with E-state index >= 15 is 0 Å². The second kappa shape index (κ2) is 4.65. The molecule has 0 bridgehead atoms. The summed E-state index contributed by atoms with van der Waals surface area (Å²) in [6, 6.07) is 19.7. The predicted octanol–water partition coefficient (Wildman–Crippen LogP) is 4.97. The molecule has 84 valence electrons. The fourth-order valence-corrected chi connectivity index (χ4v) is 3.01. The maximum Gasteiger partial charge on any atom is 0.00362 e. The minimum atomic E-state index is 1.14. The summed E-state index contributed by atoms with van der Waals surface area (Å²) in [5.41, 5.74) is 1.49. The molecule has 0 saturated carbocycles. The summed E-state index contributed by atoms with van der Waals surface area (Å²) >= 11 is 2.46. The van der Waals surface area contributed by atoms with Crippen molar-refractivity contribution in [3.05, 3.63) is 60.2 Å². The largest absolute Gasteiger partial charge is 0.0860 e. The van der Waals surface area contributed by atoms with Crippen LogP contribution >= 0.6 is 22.6 Å². The predicted molar refractivity (Wildman–Crippen MR) is 84.0 cm³/mol. The molecule has 0 N–H and O–H groups in total. The van der Waals surface area contributed by atoms with E-state index in [4.69, 9.17) is 0 Å². The molecule has 0 atom stereocenters. The number of rotatable bonds is 2. The van der Waals surface area contributed by atoms with Gasteiger partial charge in [-0.05, 0) is 39.6 Å². The highest BCUT2D eigenvalue weighted by atomic mass is 127. The number of hydrogen-bond acceptors (Lipinski definition) is 0. The van der Waals surface area contributed by atoms with Gasteiger partial charge in [0.25, 0.3) is 0 Å². The Morgan fingerprint density at radius 3 is 1.82 bits per heavy atom. The monoisotopic (exact) mass is 332 g/mol. The minimum absolute atomic E-state index is 1.14. The number of aryl methyl sites for hydroxylation is 1. The standard InChI is InChI=1S/C16H13I/c17-10-9-16-14-7-3-1-5-12(14)11-13-6-2-4-8-15(13)16/h1-8,11H,9-10H2. The van der Waals surface area contributed by atoms with Crippen LogP contribution < -0.4 is 0 Å². The Bertz CT molecular complexity index is 616. The van der Waals surface area contributed by atoms with Crippen LogP contribution in [-0.4, -0.2) is 4.43 Å². The highest BCUT2D eigenvalue weighted by Gasteiger charge is 2.05. The van der Waals surface area contributed by atoms with Crippen molar-refractivity contribution in [1.29, 1.82) is 0 Å². The van der Waals surface area contributed by atoms with Crippen LogP contribution in [0.15, 0.2) is 54.6 Å². The Hall–Kier alpha value is -1.09. The Balaban J connectivity index is 2.47. The molecule has 0 amide bonds. The molecule has 0 spiro atoms. The minimum Gasteiger partial charge on any atom is -0.0860 e. The smallest absolute Gasteiger partial charge is 0.00362 e. The van der Waals surface area contributed by atoms with Crippen molar-refractivity contribution < 1.29 is 0 Å². The molecule has 0 radical (unpaired) electrons. The highest BCUT2D eigenvalue weighted by Crippen LogP contribution is 2.28. The summed E-state index contributed by atoms with van der Waals surface area (Å²) in [6.07, 6.45) is 1.14. The van der Waals surface area contributed by atoms with Crippen LogP contribution in [0.1, 0.15) is 5.56 Å². The normalized spacial score (nSPS) is 11.1. The van der Waals surface area contributed by atoms with Gasteiger partial charge in [0.15, 0.2) is 0 Å². The molecule has 0 saturated heterocycles. The first-order valence-electron chi connectivity index (χ1n) is 5.85. The average Bonchev–Trinajstić information content (AvgIpc) is 2.39. The van der Waals surface area contributed by atoms with Gasteiger partial charge in [-0.25, -0.2) is 0 Å². The molecular weight excluding hydrogens is 319 g/mol. The SMILES string of the molecule is ICCc1c2ccccc2cc2ccccc12. The quantitative estimate of drug-likeness (QED) is 0.353. The van der Waals surface area contributed by atoms with Crippen LogP contribution in [0.25, 0.3) is 21.5 Å². The molecule has 0 aliphatic carbocycles. The van der Waals surface area contributed by atoms with E-state index in [1.807, 2.05) is 0 Å². The van der Waals surface area contributed by atoms with Gasteiger partial charge in [0.05, 0.1) is 0 Å². The second-order valence-electron chi connectivity index (χ2n) is 4.24. The van der Waals surface area contributed by atoms with Gasteiger partial charge in [0, 0.05) is 4.43 Å². The fraction of sp³-hybridized carbons (Fsp3) is 0.125. The number of benzene rings is 3. The lowest BCUT2D eigenvalue weighted by atomic mass is 9.95. The number of hydrogen-bond donors (Lipinski definition) is 0. The van der Waals surface area contributed by atoms with Crippen molar-refractivity contribution in [3.8, 4) is 0 Å². The van der Waals surface area contributed by atoms with E-state index in [9.17, 15) is 0 Å². The van der Waals surface area contributed by atoms with E-state index in [0.717, 1.165) is 10.8 Å². The summed E-state index contributed by atoms with van der Waals surface area (Å²) < 4.78 is 1.16. The Kier molecular flexibility index (Phi) is 3.02. The molecule has 3 aromatic carbocycles. The molecule has 17 heavy (non-hydrogen) atoms. The molecule has 0 nitrogen and oxygen atoms in total. The third-order valence-corrected chi connectivity index (χ3v) is 3.77. The van der Waals surface area contributed by atoms with E-state index < -0.39 is 0 Å². The molecule has 3 rings (SSSR count). The lowest BCUT2D eigenvalue weighted by Gasteiger charge is -2.10. The van der Waals surface area contributed by atoms with Gasteiger partial charge >= 0.3 is 0 Å². The van der Waals surface area contributed by atoms with Crippen molar-refractivity contribution in [1.82, 2.24) is 0 Å². The number of alkyl halides is 1. The van der Waals surface area contributed by atoms with E-state index in [1.165, 1.54) is 27.1 Å². The zero-order valence-electron chi connectivity index (χ0n) is 9.49. The molecule has 0 unspecified atom stereocenters. The van der Waals surface area contributed by atoms with Crippen LogP contribution in [-0.2, 0) is 6.42 Å². The second-order valence-corrected chi connectivity index (χ2v) is 5.32. The third kappa shape index (κ3) is 1.93. The first-order chi connectivity index (χ1) is 8.40. The van der Waals surface area contributed by atoms with Crippen molar-refractivity contribution in [2.24, 2.45) is 0 Å². The van der Waals surface area contributed by atoms with E-state index in [0.29, 0.717) is 0 Å². The first kappa shape index (κ1) is 11.0. The Morgan fingerprint density at radius 2 is 1.29 bits per heavy atom. The van der Waals surface area contributed by atoms with Crippen molar-refractivity contribution in [3.63, 3.8) is 0 Å². The van der Waals surface area contributed by atoms with E-state index in [-0.39, 0.29) is 0 Å². The summed E-state index contributed by atoms with van der Waals surface area (Å²) in [5.74, 6) is 0. The van der Waals surface area contributed by atoms with Crippen molar-refractivity contribution in [2.75, 3.05) is 4.43 Å². The van der Waals surface area contributed by atoms with Gasteiger partial charge in [-0.2, -0.15) is 0 Å². The summed E-state index contributed by atoms with van der Waals surface area (Å²) in [5, 5.41) is 5.52. The van der Waals surface area contributed by atoms with Gasteiger partial charge in [-0.15, -0.1) is 0 Å². The maximum absolute atomic E-state index is 2.46. The average molecular weight is 332 g/mol. The van der Waals surface area contributed by atoms with Crippen LogP contribution in [0.4, 0.5) is 0 Å². The summed E-state index contributed by atoms with van der Waals surface area (Å²) in [4.78, 5) is 0. The molecule has 0 aromatic heterocycles. The van der Waals surface area contributed by atoms with Crippen LogP contribution in [0.5, 0.6) is 0 Å².